The van der Waals surface area contributed by atoms with E-state index in [0.717, 1.165) is 5.56 Å². The number of hydrogen-bond acceptors (Lipinski definition) is 5. The molecule has 0 aliphatic carbocycles. The summed E-state index contributed by atoms with van der Waals surface area (Å²) in [5, 5.41) is 15.5. The molecule has 0 unspecified atom stereocenters. The molecule has 104 valence electrons. The molecule has 21 heavy (non-hydrogen) atoms. The first kappa shape index (κ1) is 14.2. The van der Waals surface area contributed by atoms with Crippen molar-refractivity contribution < 1.29 is 4.79 Å². The van der Waals surface area contributed by atoms with Gasteiger partial charge in [-0.05, 0) is 35.9 Å². The van der Waals surface area contributed by atoms with Gasteiger partial charge in [0.1, 0.15) is 0 Å². The number of anilines is 1. The number of benzene rings is 1. The van der Waals surface area contributed by atoms with Crippen molar-refractivity contribution in [1.29, 1.82) is 5.26 Å². The first-order valence-electron chi connectivity index (χ1n) is 6.24. The maximum atomic E-state index is 11.6. The van der Waals surface area contributed by atoms with Crippen LogP contribution in [-0.4, -0.2) is 23.7 Å². The molecule has 0 fully saturated rings. The number of hydrazone groups is 1. The Labute approximate surface area is 122 Å². The molecule has 2 aromatic rings. The predicted octanol–water partition coefficient (Wildman–Crippen LogP) is 1.52. The van der Waals surface area contributed by atoms with Crippen molar-refractivity contribution >= 4 is 17.8 Å². The molecule has 0 saturated carbocycles. The normalized spacial score (nSPS) is 10.0. The van der Waals surface area contributed by atoms with E-state index in [4.69, 9.17) is 5.26 Å². The molecular weight excluding hydrogens is 266 g/mol. The summed E-state index contributed by atoms with van der Waals surface area (Å²) in [5.74, 6) is -0.275. The molecule has 0 radical (unpaired) electrons. The molecule has 1 aromatic carbocycles. The Morgan fingerprint density at radius 2 is 2.14 bits per heavy atom. The maximum absolute atomic E-state index is 11.6. The van der Waals surface area contributed by atoms with Gasteiger partial charge in [0, 0.05) is 18.1 Å². The van der Waals surface area contributed by atoms with E-state index in [1.807, 2.05) is 6.07 Å². The number of amides is 1. The third-order valence-electron chi connectivity index (χ3n) is 2.55. The molecular formula is C15H13N5O. The molecule has 1 amide bonds. The van der Waals surface area contributed by atoms with E-state index in [1.165, 1.54) is 6.21 Å². The summed E-state index contributed by atoms with van der Waals surface area (Å²) >= 11 is 0. The average Bonchev–Trinajstić information content (AvgIpc) is 2.54. The van der Waals surface area contributed by atoms with E-state index in [2.05, 4.69) is 20.8 Å². The second-order valence-electron chi connectivity index (χ2n) is 4.12. The Balaban J connectivity index is 1.80. The summed E-state index contributed by atoms with van der Waals surface area (Å²) in [6, 6.07) is 12.5. The Morgan fingerprint density at radius 1 is 1.33 bits per heavy atom. The minimum atomic E-state index is -0.275. The van der Waals surface area contributed by atoms with E-state index in [9.17, 15) is 4.79 Å². The number of rotatable bonds is 5. The molecule has 0 saturated heterocycles. The lowest BCUT2D eigenvalue weighted by molar-refractivity contribution is -0.119. The van der Waals surface area contributed by atoms with Crippen molar-refractivity contribution in [3.8, 4) is 6.07 Å². The van der Waals surface area contributed by atoms with Crippen LogP contribution >= 0.6 is 0 Å². The molecule has 0 aliphatic heterocycles. The fourth-order valence-electron chi connectivity index (χ4n) is 1.55. The Hall–Kier alpha value is -3.20. The Bertz CT molecular complexity index is 676. The molecule has 6 heteroatoms. The van der Waals surface area contributed by atoms with Gasteiger partial charge in [-0.25, -0.2) is 5.43 Å². The lowest BCUT2D eigenvalue weighted by Crippen LogP contribution is -2.25. The smallest absolute Gasteiger partial charge is 0.259 e. The van der Waals surface area contributed by atoms with Gasteiger partial charge in [0.05, 0.1) is 24.4 Å². The molecule has 6 nitrogen and oxygen atoms in total. The molecule has 0 spiro atoms. The van der Waals surface area contributed by atoms with Crippen LogP contribution in [0.4, 0.5) is 5.69 Å². The van der Waals surface area contributed by atoms with Gasteiger partial charge < -0.3 is 5.32 Å². The zero-order chi connectivity index (χ0) is 14.9. The zero-order valence-electron chi connectivity index (χ0n) is 11.2. The minimum Gasteiger partial charge on any atom is -0.376 e. The number of carbonyl (C=O) groups is 1. The monoisotopic (exact) mass is 279 g/mol. The largest absolute Gasteiger partial charge is 0.376 e. The SMILES string of the molecule is N#Cc1cccc(NCC(=O)N/N=C/c2ccncc2)c1. The van der Waals surface area contributed by atoms with Gasteiger partial charge in [-0.1, -0.05) is 6.07 Å². The van der Waals surface area contributed by atoms with Crippen LogP contribution in [0.5, 0.6) is 0 Å². The van der Waals surface area contributed by atoms with Gasteiger partial charge in [-0.2, -0.15) is 10.4 Å². The Kier molecular flexibility index (Phi) is 5.01. The van der Waals surface area contributed by atoms with E-state index < -0.39 is 0 Å². The van der Waals surface area contributed by atoms with Crippen LogP contribution in [0.3, 0.4) is 0 Å². The number of pyridine rings is 1. The van der Waals surface area contributed by atoms with Crippen LogP contribution in [0.25, 0.3) is 0 Å². The van der Waals surface area contributed by atoms with Crippen molar-refractivity contribution in [3.63, 3.8) is 0 Å². The van der Waals surface area contributed by atoms with Crippen LogP contribution in [-0.2, 0) is 4.79 Å². The number of carbonyl (C=O) groups excluding carboxylic acids is 1. The summed E-state index contributed by atoms with van der Waals surface area (Å²) in [6.45, 7) is 0.0720. The van der Waals surface area contributed by atoms with Crippen molar-refractivity contribution in [3.05, 3.63) is 59.9 Å². The number of hydrogen-bond donors (Lipinski definition) is 2. The standard InChI is InChI=1S/C15H13N5O/c16-9-13-2-1-3-14(8-13)18-11-15(21)20-19-10-12-4-6-17-7-5-12/h1-8,10,18H,11H2,(H,20,21)/b19-10+. The maximum Gasteiger partial charge on any atom is 0.259 e. The highest BCUT2D eigenvalue weighted by Gasteiger charge is 2.00. The van der Waals surface area contributed by atoms with E-state index in [-0.39, 0.29) is 12.5 Å². The number of nitrogens with zero attached hydrogens (tertiary/aromatic N) is 3. The van der Waals surface area contributed by atoms with Crippen molar-refractivity contribution in [2.24, 2.45) is 5.10 Å². The molecule has 0 aliphatic rings. The van der Waals surface area contributed by atoms with Gasteiger partial charge in [0.15, 0.2) is 0 Å². The van der Waals surface area contributed by atoms with Crippen molar-refractivity contribution in [1.82, 2.24) is 10.4 Å². The summed E-state index contributed by atoms with van der Waals surface area (Å²) in [6.07, 6.45) is 4.83. The average molecular weight is 279 g/mol. The first-order valence-corrected chi connectivity index (χ1v) is 6.24. The fourth-order valence-corrected chi connectivity index (χ4v) is 1.55. The summed E-state index contributed by atoms with van der Waals surface area (Å²) in [4.78, 5) is 15.5. The summed E-state index contributed by atoms with van der Waals surface area (Å²) < 4.78 is 0. The molecule has 0 bridgehead atoms. The fraction of sp³-hybridized carbons (Fsp3) is 0.0667. The number of nitrogens with one attached hydrogen (secondary N) is 2. The molecule has 1 aromatic heterocycles. The zero-order valence-corrected chi connectivity index (χ0v) is 11.2. The highest BCUT2D eigenvalue weighted by molar-refractivity contribution is 5.84. The quantitative estimate of drug-likeness (QED) is 0.641. The van der Waals surface area contributed by atoms with Crippen molar-refractivity contribution in [2.75, 3.05) is 11.9 Å². The van der Waals surface area contributed by atoms with Crippen LogP contribution in [0.1, 0.15) is 11.1 Å². The third-order valence-corrected chi connectivity index (χ3v) is 2.55. The van der Waals surface area contributed by atoms with Gasteiger partial charge in [0.25, 0.3) is 5.91 Å². The number of nitriles is 1. The van der Waals surface area contributed by atoms with Crippen LogP contribution in [0.15, 0.2) is 53.9 Å². The highest BCUT2D eigenvalue weighted by atomic mass is 16.2. The molecule has 0 atom stereocenters. The second kappa shape index (κ2) is 7.40. The van der Waals surface area contributed by atoms with Crippen LogP contribution in [0, 0.1) is 11.3 Å². The predicted molar refractivity (Wildman–Crippen MR) is 79.6 cm³/mol. The molecule has 2 N–H and O–H groups in total. The van der Waals surface area contributed by atoms with E-state index in [1.54, 1.807) is 48.8 Å². The van der Waals surface area contributed by atoms with Gasteiger partial charge in [0.2, 0.25) is 0 Å². The second-order valence-corrected chi connectivity index (χ2v) is 4.12. The van der Waals surface area contributed by atoms with E-state index >= 15 is 0 Å². The van der Waals surface area contributed by atoms with Gasteiger partial charge in [-0.15, -0.1) is 0 Å². The van der Waals surface area contributed by atoms with Gasteiger partial charge in [-0.3, -0.25) is 9.78 Å². The topological polar surface area (TPSA) is 90.2 Å². The minimum absolute atomic E-state index is 0.0720. The Morgan fingerprint density at radius 3 is 2.90 bits per heavy atom. The van der Waals surface area contributed by atoms with Crippen LogP contribution < -0.4 is 10.7 Å². The molecule has 1 heterocycles. The lowest BCUT2D eigenvalue weighted by Gasteiger charge is -2.05. The molecule has 2 rings (SSSR count). The summed E-state index contributed by atoms with van der Waals surface area (Å²) in [5.41, 5.74) is 4.51. The van der Waals surface area contributed by atoms with Crippen LogP contribution in [0.2, 0.25) is 0 Å². The number of aromatic nitrogens is 1. The highest BCUT2D eigenvalue weighted by Crippen LogP contribution is 2.08. The summed E-state index contributed by atoms with van der Waals surface area (Å²) in [7, 11) is 0. The lowest BCUT2D eigenvalue weighted by atomic mass is 10.2. The van der Waals surface area contributed by atoms with Gasteiger partial charge >= 0.3 is 0 Å². The van der Waals surface area contributed by atoms with E-state index in [0.29, 0.717) is 11.3 Å². The van der Waals surface area contributed by atoms with Crippen molar-refractivity contribution in [2.45, 2.75) is 0 Å². The third kappa shape index (κ3) is 4.76. The first-order chi connectivity index (χ1) is 10.3.